The zero-order valence-corrected chi connectivity index (χ0v) is 16.7. The Hall–Kier alpha value is -2.61. The van der Waals surface area contributed by atoms with Crippen molar-refractivity contribution >= 4 is 34.8 Å². The summed E-state index contributed by atoms with van der Waals surface area (Å²) in [7, 11) is 0. The third kappa shape index (κ3) is 4.44. The van der Waals surface area contributed by atoms with Gasteiger partial charge in [-0.05, 0) is 42.9 Å². The van der Waals surface area contributed by atoms with E-state index >= 15 is 0 Å². The van der Waals surface area contributed by atoms with Gasteiger partial charge >= 0.3 is 6.03 Å². The summed E-state index contributed by atoms with van der Waals surface area (Å²) >= 11 is 1.02. The highest BCUT2D eigenvalue weighted by Crippen LogP contribution is 2.23. The first-order valence-corrected chi connectivity index (χ1v) is 10.1. The van der Waals surface area contributed by atoms with Crippen LogP contribution in [0.1, 0.15) is 31.4 Å². The predicted molar refractivity (Wildman–Crippen MR) is 107 cm³/mol. The van der Waals surface area contributed by atoms with Crippen LogP contribution in [0.2, 0.25) is 0 Å². The number of thioether (sulfide) groups is 1. The highest BCUT2D eigenvalue weighted by molar-refractivity contribution is 8.15. The van der Waals surface area contributed by atoms with Crippen molar-refractivity contribution < 1.29 is 19.2 Å². The molecule has 2 aliphatic rings. The molecule has 7 nitrogen and oxygen atoms in total. The Labute approximate surface area is 167 Å². The highest BCUT2D eigenvalue weighted by Gasteiger charge is 2.32. The lowest BCUT2D eigenvalue weighted by atomic mass is 10.1. The zero-order valence-electron chi connectivity index (χ0n) is 15.9. The Kier molecular flexibility index (Phi) is 6.18. The van der Waals surface area contributed by atoms with Gasteiger partial charge in [-0.25, -0.2) is 4.79 Å². The van der Waals surface area contributed by atoms with Gasteiger partial charge in [0, 0.05) is 12.1 Å². The van der Waals surface area contributed by atoms with Crippen LogP contribution in [0.5, 0.6) is 0 Å². The molecule has 1 fully saturated rings. The lowest BCUT2D eigenvalue weighted by Crippen LogP contribution is -2.42. The van der Waals surface area contributed by atoms with E-state index in [9.17, 15) is 19.2 Å². The molecule has 28 heavy (non-hydrogen) atoms. The summed E-state index contributed by atoms with van der Waals surface area (Å²) in [5.41, 5.74) is 3.70. The molecule has 0 aromatic heterocycles. The lowest BCUT2D eigenvalue weighted by Gasteiger charge is -2.16. The maximum atomic E-state index is 12.3. The van der Waals surface area contributed by atoms with Crippen molar-refractivity contribution in [3.05, 3.63) is 46.5 Å². The first-order valence-electron chi connectivity index (χ1n) is 9.26. The zero-order chi connectivity index (χ0) is 20.3. The molecule has 3 rings (SSSR count). The number of hydrogen-bond acceptors (Lipinski definition) is 5. The van der Waals surface area contributed by atoms with Gasteiger partial charge in [0.05, 0.1) is 11.8 Å². The molecule has 0 saturated carbocycles. The Balaban J connectivity index is 1.45. The van der Waals surface area contributed by atoms with Crippen LogP contribution in [0, 0.1) is 0 Å². The fraction of sp³-hybridized carbons (Fsp3) is 0.400. The van der Waals surface area contributed by atoms with Crippen molar-refractivity contribution in [2.75, 3.05) is 13.1 Å². The molecular weight excluding hydrogens is 378 g/mol. The quantitative estimate of drug-likeness (QED) is 0.763. The van der Waals surface area contributed by atoms with Gasteiger partial charge in [0.1, 0.15) is 0 Å². The Morgan fingerprint density at radius 3 is 2.46 bits per heavy atom. The summed E-state index contributed by atoms with van der Waals surface area (Å²) in [5, 5.41) is 4.41. The van der Waals surface area contributed by atoms with Crippen molar-refractivity contribution in [3.63, 3.8) is 0 Å². The average molecular weight is 401 g/mol. The monoisotopic (exact) mass is 401 g/mol. The number of benzene rings is 1. The molecule has 2 heterocycles. The van der Waals surface area contributed by atoms with Gasteiger partial charge in [0.2, 0.25) is 5.91 Å². The van der Waals surface area contributed by atoms with Gasteiger partial charge < -0.3 is 5.32 Å². The molecule has 0 aliphatic carbocycles. The third-order valence-corrected chi connectivity index (χ3v) is 5.89. The molecule has 2 aliphatic heterocycles. The van der Waals surface area contributed by atoms with Crippen molar-refractivity contribution in [3.8, 4) is 0 Å². The SMILES string of the molecule is CCC1=C(C)CN(C(=O)NCCc2ccc(C[C@H]3SC(=O)NC3=O)cc2)C1=O. The summed E-state index contributed by atoms with van der Waals surface area (Å²) in [6, 6.07) is 7.39. The van der Waals surface area contributed by atoms with Gasteiger partial charge in [-0.2, -0.15) is 0 Å². The Morgan fingerprint density at radius 1 is 1.21 bits per heavy atom. The summed E-state index contributed by atoms with van der Waals surface area (Å²) < 4.78 is 0. The molecule has 0 radical (unpaired) electrons. The minimum atomic E-state index is -0.374. The third-order valence-electron chi connectivity index (χ3n) is 4.91. The standard InChI is InChI=1S/C20H23N3O4S/c1-3-15-12(2)11-23(18(15)25)19(26)21-9-8-13-4-6-14(7-5-13)10-16-17(24)22-20(27)28-16/h4-7,16H,3,8-11H2,1-2H3,(H,21,26)(H,22,24,27)/t16-/m1/s1. The summed E-state index contributed by atoms with van der Waals surface area (Å²) in [5.74, 6) is -0.441. The normalized spacial score (nSPS) is 19.4. The molecule has 1 aromatic carbocycles. The number of amides is 5. The number of imide groups is 2. The maximum Gasteiger partial charge on any atom is 0.324 e. The van der Waals surface area contributed by atoms with Crippen molar-refractivity contribution in [2.24, 2.45) is 0 Å². The molecule has 1 aromatic rings. The number of carbonyl (C=O) groups is 4. The number of urea groups is 1. The number of carbonyl (C=O) groups excluding carboxylic acids is 4. The topological polar surface area (TPSA) is 95.6 Å². The molecule has 0 unspecified atom stereocenters. The Bertz CT molecular complexity index is 848. The van der Waals surface area contributed by atoms with Gasteiger partial charge in [0.15, 0.2) is 0 Å². The van der Waals surface area contributed by atoms with E-state index in [4.69, 9.17) is 0 Å². The van der Waals surface area contributed by atoms with Crippen LogP contribution in [0.4, 0.5) is 9.59 Å². The van der Waals surface area contributed by atoms with Gasteiger partial charge in [0.25, 0.3) is 11.1 Å². The molecule has 0 bridgehead atoms. The summed E-state index contributed by atoms with van der Waals surface area (Å²) in [4.78, 5) is 48.6. The number of rotatable bonds is 6. The summed E-state index contributed by atoms with van der Waals surface area (Å²) in [6.07, 6.45) is 1.77. The molecule has 0 spiro atoms. The maximum absolute atomic E-state index is 12.3. The van der Waals surface area contributed by atoms with E-state index in [0.29, 0.717) is 32.4 Å². The molecular formula is C20H23N3O4S. The van der Waals surface area contributed by atoms with Crippen LogP contribution >= 0.6 is 11.8 Å². The molecule has 1 saturated heterocycles. The predicted octanol–water partition coefficient (Wildman–Crippen LogP) is 2.40. The van der Waals surface area contributed by atoms with Crippen LogP contribution in [0.15, 0.2) is 35.4 Å². The van der Waals surface area contributed by atoms with E-state index in [0.717, 1.165) is 34.0 Å². The number of nitrogens with zero attached hydrogens (tertiary/aromatic N) is 1. The number of nitrogens with one attached hydrogen (secondary N) is 2. The highest BCUT2D eigenvalue weighted by atomic mass is 32.2. The lowest BCUT2D eigenvalue weighted by molar-refractivity contribution is -0.123. The van der Waals surface area contributed by atoms with E-state index in [1.807, 2.05) is 38.1 Å². The van der Waals surface area contributed by atoms with Gasteiger partial charge in [-0.3, -0.25) is 24.6 Å². The Morgan fingerprint density at radius 2 is 1.89 bits per heavy atom. The van der Waals surface area contributed by atoms with E-state index in [1.54, 1.807) is 0 Å². The second-order valence-corrected chi connectivity index (χ2v) is 8.07. The van der Waals surface area contributed by atoms with E-state index in [1.165, 1.54) is 4.90 Å². The van der Waals surface area contributed by atoms with Gasteiger partial charge in [-0.1, -0.05) is 43.0 Å². The van der Waals surface area contributed by atoms with Crippen LogP contribution < -0.4 is 10.6 Å². The fourth-order valence-electron chi connectivity index (χ4n) is 3.36. The second kappa shape index (κ2) is 8.60. The van der Waals surface area contributed by atoms with Crippen molar-refractivity contribution in [1.29, 1.82) is 0 Å². The van der Waals surface area contributed by atoms with E-state index in [-0.39, 0.29) is 28.3 Å². The van der Waals surface area contributed by atoms with Crippen molar-refractivity contribution in [1.82, 2.24) is 15.5 Å². The first kappa shape index (κ1) is 20.1. The largest absolute Gasteiger partial charge is 0.337 e. The molecule has 5 amide bonds. The molecule has 2 N–H and O–H groups in total. The van der Waals surface area contributed by atoms with Crippen LogP contribution in [0.25, 0.3) is 0 Å². The molecule has 148 valence electrons. The smallest absolute Gasteiger partial charge is 0.324 e. The summed E-state index contributed by atoms with van der Waals surface area (Å²) in [6.45, 7) is 4.59. The van der Waals surface area contributed by atoms with E-state index < -0.39 is 0 Å². The van der Waals surface area contributed by atoms with Crippen molar-refractivity contribution in [2.45, 2.75) is 38.4 Å². The fourth-order valence-corrected chi connectivity index (χ4v) is 4.22. The minimum Gasteiger partial charge on any atom is -0.337 e. The first-order chi connectivity index (χ1) is 13.4. The van der Waals surface area contributed by atoms with Crippen LogP contribution in [-0.2, 0) is 22.4 Å². The van der Waals surface area contributed by atoms with E-state index in [2.05, 4.69) is 10.6 Å². The second-order valence-electron chi connectivity index (χ2n) is 6.89. The number of hydrogen-bond donors (Lipinski definition) is 2. The van der Waals surface area contributed by atoms with Gasteiger partial charge in [-0.15, -0.1) is 0 Å². The van der Waals surface area contributed by atoms with Crippen LogP contribution in [0.3, 0.4) is 0 Å². The minimum absolute atomic E-state index is 0.200. The van der Waals surface area contributed by atoms with Crippen LogP contribution in [-0.4, -0.2) is 46.3 Å². The molecule has 8 heteroatoms. The average Bonchev–Trinajstić information content (AvgIpc) is 3.13. The molecule has 1 atom stereocenters.